The molecule has 1 aliphatic carbocycles. The maximum absolute atomic E-state index is 11.7. The molecule has 0 radical (unpaired) electrons. The maximum atomic E-state index is 11.7. The summed E-state index contributed by atoms with van der Waals surface area (Å²) in [5.74, 6) is -0.157. The molecule has 1 aromatic carbocycles. The number of hydrogen-bond acceptors (Lipinski definition) is 4. The number of ether oxygens (including phenoxy) is 1. The van der Waals surface area contributed by atoms with Crippen molar-refractivity contribution in [2.24, 2.45) is 5.92 Å². The van der Waals surface area contributed by atoms with Crippen molar-refractivity contribution >= 4 is 37.3 Å². The van der Waals surface area contributed by atoms with Crippen LogP contribution in [0.25, 0.3) is 0 Å². The maximum Gasteiger partial charge on any atom is 0.338 e. The SMILES string of the molecule is O=C(OCC1CC1)c1cc(Cl)cc(S(=O)(=O)Cl)c1. The summed E-state index contributed by atoms with van der Waals surface area (Å²) in [4.78, 5) is 11.5. The van der Waals surface area contributed by atoms with E-state index in [4.69, 9.17) is 27.0 Å². The lowest BCUT2D eigenvalue weighted by Crippen LogP contribution is -2.08. The molecule has 4 nitrogen and oxygen atoms in total. The smallest absolute Gasteiger partial charge is 0.338 e. The first kappa shape index (κ1) is 13.6. The normalized spacial score (nSPS) is 15.4. The van der Waals surface area contributed by atoms with Gasteiger partial charge in [-0.25, -0.2) is 13.2 Å². The van der Waals surface area contributed by atoms with E-state index in [1.165, 1.54) is 12.1 Å². The minimum absolute atomic E-state index is 0.0855. The Balaban J connectivity index is 2.21. The van der Waals surface area contributed by atoms with Crippen molar-refractivity contribution in [3.8, 4) is 0 Å². The zero-order valence-corrected chi connectivity index (χ0v) is 11.6. The number of rotatable bonds is 4. The average Bonchev–Trinajstić information content (AvgIpc) is 3.07. The van der Waals surface area contributed by atoms with Crippen LogP contribution in [-0.2, 0) is 13.8 Å². The lowest BCUT2D eigenvalue weighted by molar-refractivity contribution is 0.0486. The fourth-order valence-electron chi connectivity index (χ4n) is 1.38. The Kier molecular flexibility index (Phi) is 3.84. The third-order valence-corrected chi connectivity index (χ3v) is 4.09. The van der Waals surface area contributed by atoms with Crippen LogP contribution in [0.1, 0.15) is 23.2 Å². The van der Waals surface area contributed by atoms with Crippen molar-refractivity contribution in [3.05, 3.63) is 28.8 Å². The second kappa shape index (κ2) is 5.07. The standard InChI is InChI=1S/C11H10Cl2O4S/c12-9-3-8(4-10(5-9)18(13,15)16)11(14)17-6-7-1-2-7/h3-5,7H,1-2,6H2. The highest BCUT2D eigenvalue weighted by molar-refractivity contribution is 8.13. The van der Waals surface area contributed by atoms with Crippen molar-refractivity contribution < 1.29 is 17.9 Å². The molecule has 0 aromatic heterocycles. The summed E-state index contributed by atoms with van der Waals surface area (Å²) in [6, 6.07) is 3.69. The van der Waals surface area contributed by atoms with Crippen molar-refractivity contribution in [2.45, 2.75) is 17.7 Å². The summed E-state index contributed by atoms with van der Waals surface area (Å²) in [6.07, 6.45) is 2.12. The molecule has 7 heteroatoms. The molecule has 98 valence electrons. The summed E-state index contributed by atoms with van der Waals surface area (Å²) in [5, 5.41) is 0.120. The third kappa shape index (κ3) is 3.60. The van der Waals surface area contributed by atoms with Crippen LogP contribution in [0.3, 0.4) is 0 Å². The van der Waals surface area contributed by atoms with Gasteiger partial charge >= 0.3 is 5.97 Å². The molecule has 0 saturated heterocycles. The summed E-state index contributed by atoms with van der Waals surface area (Å²) < 4.78 is 27.4. The molecule has 0 N–H and O–H groups in total. The predicted octanol–water partition coefficient (Wildman–Crippen LogP) is 2.83. The first-order valence-corrected chi connectivity index (χ1v) is 7.97. The fraction of sp³-hybridized carbons (Fsp3) is 0.364. The van der Waals surface area contributed by atoms with Gasteiger partial charge in [0.05, 0.1) is 17.1 Å². The van der Waals surface area contributed by atoms with E-state index < -0.39 is 15.0 Å². The van der Waals surface area contributed by atoms with Gasteiger partial charge in [0.25, 0.3) is 9.05 Å². The quantitative estimate of drug-likeness (QED) is 0.634. The molecule has 18 heavy (non-hydrogen) atoms. The zero-order chi connectivity index (χ0) is 13.3. The molecule has 0 atom stereocenters. The van der Waals surface area contributed by atoms with Crippen LogP contribution in [0, 0.1) is 5.92 Å². The molecular formula is C11H10Cl2O4S. The molecule has 0 bridgehead atoms. The number of carbonyl (C=O) groups excluding carboxylic acids is 1. The number of carbonyl (C=O) groups is 1. The highest BCUT2D eigenvalue weighted by atomic mass is 35.7. The molecule has 0 aliphatic heterocycles. The number of benzene rings is 1. The van der Waals surface area contributed by atoms with Crippen LogP contribution in [0.2, 0.25) is 5.02 Å². The molecule has 1 aliphatic rings. The molecule has 2 rings (SSSR count). The topological polar surface area (TPSA) is 60.4 Å². The van der Waals surface area contributed by atoms with Gasteiger partial charge in [0.1, 0.15) is 0 Å². The van der Waals surface area contributed by atoms with E-state index in [1.54, 1.807) is 0 Å². The summed E-state index contributed by atoms with van der Waals surface area (Å²) in [7, 11) is 1.29. The van der Waals surface area contributed by atoms with E-state index in [1.807, 2.05) is 0 Å². The monoisotopic (exact) mass is 308 g/mol. The van der Waals surface area contributed by atoms with E-state index in [2.05, 4.69) is 0 Å². The molecule has 0 heterocycles. The molecule has 1 saturated carbocycles. The third-order valence-electron chi connectivity index (χ3n) is 2.54. The Morgan fingerprint density at radius 2 is 2.00 bits per heavy atom. The molecule has 1 aromatic rings. The van der Waals surface area contributed by atoms with Crippen LogP contribution in [0.5, 0.6) is 0 Å². The van der Waals surface area contributed by atoms with E-state index in [0.717, 1.165) is 18.9 Å². The van der Waals surface area contributed by atoms with Gasteiger partial charge in [-0.1, -0.05) is 11.6 Å². The molecule has 0 amide bonds. The minimum atomic E-state index is -3.92. The molecule has 1 fully saturated rings. The van der Waals surface area contributed by atoms with Crippen LogP contribution in [0.4, 0.5) is 0 Å². The number of hydrogen-bond donors (Lipinski definition) is 0. The Bertz CT molecular complexity index is 579. The molecular weight excluding hydrogens is 299 g/mol. The van der Waals surface area contributed by atoms with E-state index in [-0.39, 0.29) is 15.5 Å². The number of esters is 1. The second-order valence-electron chi connectivity index (χ2n) is 4.16. The van der Waals surface area contributed by atoms with Crippen LogP contribution in [-0.4, -0.2) is 21.0 Å². The van der Waals surface area contributed by atoms with Crippen molar-refractivity contribution in [1.82, 2.24) is 0 Å². The van der Waals surface area contributed by atoms with Gasteiger partial charge in [-0.05, 0) is 37.0 Å². The van der Waals surface area contributed by atoms with Crippen LogP contribution in [0.15, 0.2) is 23.1 Å². The highest BCUT2D eigenvalue weighted by Gasteiger charge is 2.24. The zero-order valence-electron chi connectivity index (χ0n) is 9.23. The Morgan fingerprint density at radius 3 is 2.56 bits per heavy atom. The van der Waals surface area contributed by atoms with Crippen molar-refractivity contribution in [2.75, 3.05) is 6.61 Å². The van der Waals surface area contributed by atoms with E-state index in [9.17, 15) is 13.2 Å². The lowest BCUT2D eigenvalue weighted by Gasteiger charge is -2.05. The largest absolute Gasteiger partial charge is 0.462 e. The number of halogens is 2. The first-order chi connectivity index (χ1) is 8.36. The van der Waals surface area contributed by atoms with Crippen molar-refractivity contribution in [1.29, 1.82) is 0 Å². The second-order valence-corrected chi connectivity index (χ2v) is 7.16. The predicted molar refractivity (Wildman–Crippen MR) is 67.5 cm³/mol. The van der Waals surface area contributed by atoms with Gasteiger partial charge in [-0.3, -0.25) is 0 Å². The fourth-order valence-corrected chi connectivity index (χ4v) is 2.49. The Labute approximate surface area is 114 Å². The van der Waals surface area contributed by atoms with Crippen LogP contribution >= 0.6 is 22.3 Å². The summed E-state index contributed by atoms with van der Waals surface area (Å²) >= 11 is 5.74. The van der Waals surface area contributed by atoms with E-state index in [0.29, 0.717) is 12.5 Å². The average molecular weight is 309 g/mol. The minimum Gasteiger partial charge on any atom is -0.462 e. The van der Waals surface area contributed by atoms with E-state index >= 15 is 0 Å². The highest BCUT2D eigenvalue weighted by Crippen LogP contribution is 2.29. The van der Waals surface area contributed by atoms with Gasteiger partial charge < -0.3 is 4.74 Å². The Hall–Kier alpha value is -0.780. The Morgan fingerprint density at radius 1 is 1.33 bits per heavy atom. The molecule has 0 spiro atoms. The van der Waals surface area contributed by atoms with Gasteiger partial charge in [-0.15, -0.1) is 0 Å². The van der Waals surface area contributed by atoms with Gasteiger partial charge in [0, 0.05) is 15.7 Å². The first-order valence-electron chi connectivity index (χ1n) is 5.28. The van der Waals surface area contributed by atoms with Gasteiger partial charge in [-0.2, -0.15) is 0 Å². The van der Waals surface area contributed by atoms with Crippen molar-refractivity contribution in [3.63, 3.8) is 0 Å². The molecule has 0 unspecified atom stereocenters. The van der Waals surface area contributed by atoms with Gasteiger partial charge in [0.15, 0.2) is 0 Å². The van der Waals surface area contributed by atoms with Gasteiger partial charge in [0.2, 0.25) is 0 Å². The van der Waals surface area contributed by atoms with Crippen LogP contribution < -0.4 is 0 Å². The lowest BCUT2D eigenvalue weighted by atomic mass is 10.2. The summed E-state index contributed by atoms with van der Waals surface area (Å²) in [6.45, 7) is 0.355. The summed E-state index contributed by atoms with van der Waals surface area (Å²) in [5.41, 5.74) is 0.0855.